The van der Waals surface area contributed by atoms with Crippen molar-refractivity contribution in [1.82, 2.24) is 14.9 Å². The second-order valence-corrected chi connectivity index (χ2v) is 5.51. The molecule has 0 aliphatic carbocycles. The summed E-state index contributed by atoms with van der Waals surface area (Å²) in [5, 5.41) is 11.6. The van der Waals surface area contributed by atoms with Gasteiger partial charge in [-0.2, -0.15) is 5.10 Å². The number of nitrogens with zero attached hydrogens (tertiary/aromatic N) is 4. The lowest BCUT2D eigenvalue weighted by Crippen LogP contribution is -2.00. The second-order valence-electron chi connectivity index (χ2n) is 3.74. The Balaban J connectivity index is 2.31. The van der Waals surface area contributed by atoms with Crippen molar-refractivity contribution in [1.29, 1.82) is 0 Å². The van der Waals surface area contributed by atoms with Crippen LogP contribution in [0.3, 0.4) is 0 Å². The summed E-state index contributed by atoms with van der Waals surface area (Å²) in [6, 6.07) is 3.89. The molecule has 0 fully saturated rings. The monoisotopic (exact) mass is 386 g/mol. The zero-order valence-corrected chi connectivity index (χ0v) is 13.4. The molecule has 7 heteroatoms. The first kappa shape index (κ1) is 14.2. The van der Waals surface area contributed by atoms with Crippen molar-refractivity contribution >= 4 is 38.1 Å². The SMILES string of the molecule is CCCOc1c(Br)cc(Br)cc1C=Nn1cnnc1. The summed E-state index contributed by atoms with van der Waals surface area (Å²) in [6.07, 6.45) is 5.71. The average Bonchev–Trinajstić information content (AvgIpc) is 2.88. The van der Waals surface area contributed by atoms with Crippen LogP contribution in [0.25, 0.3) is 0 Å². The van der Waals surface area contributed by atoms with Gasteiger partial charge in [0.25, 0.3) is 0 Å². The van der Waals surface area contributed by atoms with Crippen LogP contribution in [-0.4, -0.2) is 27.7 Å². The van der Waals surface area contributed by atoms with Gasteiger partial charge in [-0.15, -0.1) is 10.2 Å². The average molecular weight is 388 g/mol. The van der Waals surface area contributed by atoms with E-state index in [0.717, 1.165) is 26.7 Å². The molecule has 100 valence electrons. The van der Waals surface area contributed by atoms with E-state index in [1.54, 1.807) is 6.21 Å². The molecule has 19 heavy (non-hydrogen) atoms. The van der Waals surface area contributed by atoms with Gasteiger partial charge in [-0.3, -0.25) is 0 Å². The predicted octanol–water partition coefficient (Wildman–Crippen LogP) is 3.47. The first-order chi connectivity index (χ1) is 9.20. The number of hydrogen-bond donors (Lipinski definition) is 0. The van der Waals surface area contributed by atoms with Gasteiger partial charge >= 0.3 is 0 Å². The van der Waals surface area contributed by atoms with Gasteiger partial charge in [0.05, 0.1) is 17.3 Å². The van der Waals surface area contributed by atoms with Crippen molar-refractivity contribution in [2.45, 2.75) is 13.3 Å². The first-order valence-electron chi connectivity index (χ1n) is 5.71. The van der Waals surface area contributed by atoms with Gasteiger partial charge in [0, 0.05) is 10.0 Å². The van der Waals surface area contributed by atoms with Crippen LogP contribution in [0, 0.1) is 0 Å². The van der Waals surface area contributed by atoms with Crippen molar-refractivity contribution in [3.8, 4) is 5.75 Å². The lowest BCUT2D eigenvalue weighted by molar-refractivity contribution is 0.315. The van der Waals surface area contributed by atoms with E-state index >= 15 is 0 Å². The van der Waals surface area contributed by atoms with Crippen molar-refractivity contribution < 1.29 is 4.74 Å². The summed E-state index contributed by atoms with van der Waals surface area (Å²) >= 11 is 6.95. The molecule has 0 saturated carbocycles. The van der Waals surface area contributed by atoms with Crippen LogP contribution in [0.1, 0.15) is 18.9 Å². The molecule has 0 atom stereocenters. The van der Waals surface area contributed by atoms with Crippen molar-refractivity contribution in [3.05, 3.63) is 39.3 Å². The normalized spacial score (nSPS) is 11.1. The van der Waals surface area contributed by atoms with Gasteiger partial charge in [-0.25, -0.2) is 4.68 Å². The van der Waals surface area contributed by atoms with Crippen LogP contribution in [0.5, 0.6) is 5.75 Å². The van der Waals surface area contributed by atoms with E-state index in [9.17, 15) is 0 Å². The third kappa shape index (κ3) is 3.87. The fraction of sp³-hybridized carbons (Fsp3) is 0.250. The summed E-state index contributed by atoms with van der Waals surface area (Å²) < 4.78 is 9.11. The van der Waals surface area contributed by atoms with E-state index in [4.69, 9.17) is 4.74 Å². The van der Waals surface area contributed by atoms with Gasteiger partial charge < -0.3 is 4.74 Å². The Morgan fingerprint density at radius 3 is 2.74 bits per heavy atom. The minimum Gasteiger partial charge on any atom is -0.492 e. The van der Waals surface area contributed by atoms with Crippen molar-refractivity contribution in [2.75, 3.05) is 6.61 Å². The number of hydrogen-bond acceptors (Lipinski definition) is 4. The molecular weight excluding hydrogens is 376 g/mol. The van der Waals surface area contributed by atoms with Gasteiger partial charge in [0.2, 0.25) is 0 Å². The molecule has 0 amide bonds. The maximum absolute atomic E-state index is 5.74. The van der Waals surface area contributed by atoms with Crippen LogP contribution >= 0.6 is 31.9 Å². The highest BCUT2D eigenvalue weighted by Crippen LogP contribution is 2.32. The van der Waals surface area contributed by atoms with E-state index in [0.29, 0.717) is 6.61 Å². The Kier molecular flexibility index (Phi) is 5.09. The third-order valence-corrected chi connectivity index (χ3v) is 3.27. The standard InChI is InChI=1S/C12H12Br2N4O/c1-2-3-19-12-9(4-10(13)5-11(12)14)6-17-18-7-15-16-8-18/h4-8H,2-3H2,1H3. The molecule has 1 aromatic heterocycles. The largest absolute Gasteiger partial charge is 0.492 e. The number of aromatic nitrogens is 3. The lowest BCUT2D eigenvalue weighted by atomic mass is 10.2. The maximum atomic E-state index is 5.74. The highest BCUT2D eigenvalue weighted by Gasteiger charge is 2.08. The van der Waals surface area contributed by atoms with Gasteiger partial charge in [0.15, 0.2) is 0 Å². The number of rotatable bonds is 5. The van der Waals surface area contributed by atoms with E-state index in [1.165, 1.54) is 17.3 Å². The summed E-state index contributed by atoms with van der Waals surface area (Å²) in [5.41, 5.74) is 0.878. The third-order valence-electron chi connectivity index (χ3n) is 2.22. The Bertz CT molecular complexity index is 569. The van der Waals surface area contributed by atoms with Crippen molar-refractivity contribution in [2.24, 2.45) is 5.10 Å². The molecular formula is C12H12Br2N4O. The Morgan fingerprint density at radius 1 is 1.32 bits per heavy atom. The molecule has 1 aromatic carbocycles. The smallest absolute Gasteiger partial charge is 0.142 e. The van der Waals surface area contributed by atoms with Gasteiger partial charge in [-0.05, 0) is 34.5 Å². The van der Waals surface area contributed by atoms with E-state index in [1.807, 2.05) is 12.1 Å². The van der Waals surface area contributed by atoms with E-state index in [-0.39, 0.29) is 0 Å². The van der Waals surface area contributed by atoms with Crippen molar-refractivity contribution in [3.63, 3.8) is 0 Å². The molecule has 0 spiro atoms. The van der Waals surface area contributed by atoms with Crippen LogP contribution in [0.2, 0.25) is 0 Å². The highest BCUT2D eigenvalue weighted by molar-refractivity contribution is 9.11. The van der Waals surface area contributed by atoms with Gasteiger partial charge in [0.1, 0.15) is 18.4 Å². The molecule has 0 aliphatic rings. The van der Waals surface area contributed by atoms with Crippen LogP contribution in [-0.2, 0) is 0 Å². The van der Waals surface area contributed by atoms with Gasteiger partial charge in [-0.1, -0.05) is 22.9 Å². The number of halogens is 2. The van der Waals surface area contributed by atoms with Crippen LogP contribution < -0.4 is 4.74 Å². The topological polar surface area (TPSA) is 52.3 Å². The lowest BCUT2D eigenvalue weighted by Gasteiger charge is -2.10. The zero-order valence-electron chi connectivity index (χ0n) is 10.3. The molecule has 5 nitrogen and oxygen atoms in total. The molecule has 0 unspecified atom stereocenters. The molecule has 0 radical (unpaired) electrons. The quantitative estimate of drug-likeness (QED) is 0.738. The van der Waals surface area contributed by atoms with E-state index < -0.39 is 0 Å². The number of ether oxygens (including phenoxy) is 1. The summed E-state index contributed by atoms with van der Waals surface area (Å²) in [4.78, 5) is 0. The Labute approximate surface area is 127 Å². The molecule has 0 N–H and O–H groups in total. The minimum absolute atomic E-state index is 0.660. The zero-order chi connectivity index (χ0) is 13.7. The fourth-order valence-corrected chi connectivity index (χ4v) is 2.79. The van der Waals surface area contributed by atoms with E-state index in [2.05, 4.69) is 54.1 Å². The van der Waals surface area contributed by atoms with Crippen LogP contribution in [0.15, 0.2) is 38.8 Å². The highest BCUT2D eigenvalue weighted by atomic mass is 79.9. The number of benzene rings is 1. The molecule has 2 aromatic rings. The molecule has 0 saturated heterocycles. The molecule has 2 rings (SSSR count). The summed E-state index contributed by atoms with van der Waals surface area (Å²) in [6.45, 7) is 2.73. The minimum atomic E-state index is 0.660. The fourth-order valence-electron chi connectivity index (χ4n) is 1.42. The molecule has 0 aliphatic heterocycles. The maximum Gasteiger partial charge on any atom is 0.142 e. The Hall–Kier alpha value is -1.21. The Morgan fingerprint density at radius 2 is 2.05 bits per heavy atom. The molecule has 0 bridgehead atoms. The van der Waals surface area contributed by atoms with Crippen LogP contribution in [0.4, 0.5) is 0 Å². The second kappa shape index (κ2) is 6.81. The first-order valence-corrected chi connectivity index (χ1v) is 7.30. The summed E-state index contributed by atoms with van der Waals surface area (Å²) in [7, 11) is 0. The molecule has 1 heterocycles. The predicted molar refractivity (Wildman–Crippen MR) is 80.6 cm³/mol. The summed E-state index contributed by atoms with van der Waals surface area (Å²) in [5.74, 6) is 0.780.